The molecule has 2 atom stereocenters. The van der Waals surface area contributed by atoms with Crippen LogP contribution in [0.5, 0.6) is 11.5 Å². The van der Waals surface area contributed by atoms with E-state index in [9.17, 15) is 0 Å². The number of methoxy groups -OCH3 is 2. The summed E-state index contributed by atoms with van der Waals surface area (Å²) in [7, 11) is 3.30. The zero-order valence-corrected chi connectivity index (χ0v) is 11.5. The largest absolute Gasteiger partial charge is 0.497 e. The molecule has 0 spiro atoms. The molecule has 0 bridgehead atoms. The molecule has 2 unspecified atom stereocenters. The number of hydrogen-bond acceptors (Lipinski definition) is 5. The topological polar surface area (TPSA) is 65.7 Å². The molecule has 1 aliphatic heterocycles. The molecule has 3 N–H and O–H groups in total. The summed E-state index contributed by atoms with van der Waals surface area (Å²) in [4.78, 5) is 0. The van der Waals surface area contributed by atoms with Crippen LogP contribution >= 0.6 is 0 Å². The summed E-state index contributed by atoms with van der Waals surface area (Å²) in [6.07, 6.45) is 2.04. The molecule has 1 aliphatic rings. The van der Waals surface area contributed by atoms with E-state index in [1.165, 1.54) is 0 Å². The lowest BCUT2D eigenvalue weighted by Crippen LogP contribution is -2.30. The number of ether oxygens (including phenoxy) is 3. The Hall–Kier alpha value is -1.30. The van der Waals surface area contributed by atoms with E-state index < -0.39 is 0 Å². The molecule has 1 aromatic rings. The maximum atomic E-state index is 5.70. The second-order valence-electron chi connectivity index (χ2n) is 4.79. The van der Waals surface area contributed by atoms with Crippen LogP contribution in [0.1, 0.15) is 24.4 Å². The van der Waals surface area contributed by atoms with Crippen molar-refractivity contribution in [3.8, 4) is 11.5 Å². The molecule has 0 saturated carbocycles. The van der Waals surface area contributed by atoms with Gasteiger partial charge in [0.15, 0.2) is 0 Å². The van der Waals surface area contributed by atoms with Crippen molar-refractivity contribution in [1.29, 1.82) is 0 Å². The third-order valence-electron chi connectivity index (χ3n) is 3.61. The van der Waals surface area contributed by atoms with E-state index in [1.54, 1.807) is 14.2 Å². The van der Waals surface area contributed by atoms with E-state index in [0.29, 0.717) is 5.92 Å². The van der Waals surface area contributed by atoms with Crippen LogP contribution in [-0.2, 0) is 4.74 Å². The Balaban J connectivity index is 2.16. The van der Waals surface area contributed by atoms with Gasteiger partial charge in [-0.05, 0) is 24.8 Å². The fourth-order valence-corrected chi connectivity index (χ4v) is 2.49. The van der Waals surface area contributed by atoms with Gasteiger partial charge in [-0.1, -0.05) is 6.07 Å². The average Bonchev–Trinajstić information content (AvgIpc) is 2.97. The molecule has 0 amide bonds. The summed E-state index contributed by atoms with van der Waals surface area (Å²) >= 11 is 0. The smallest absolute Gasteiger partial charge is 0.127 e. The van der Waals surface area contributed by atoms with Crippen LogP contribution in [0.3, 0.4) is 0 Å². The normalized spacial score (nSPS) is 20.3. The predicted octanol–water partition coefficient (Wildman–Crippen LogP) is 1.63. The molecule has 19 heavy (non-hydrogen) atoms. The molecule has 1 saturated heterocycles. The van der Waals surface area contributed by atoms with E-state index in [2.05, 4.69) is 5.43 Å². The predicted molar refractivity (Wildman–Crippen MR) is 73.2 cm³/mol. The van der Waals surface area contributed by atoms with Crippen LogP contribution < -0.4 is 20.7 Å². The van der Waals surface area contributed by atoms with Crippen molar-refractivity contribution in [2.75, 3.05) is 27.4 Å². The summed E-state index contributed by atoms with van der Waals surface area (Å²) in [5.74, 6) is 7.82. The van der Waals surface area contributed by atoms with Gasteiger partial charge in [0.1, 0.15) is 11.5 Å². The first-order valence-corrected chi connectivity index (χ1v) is 6.54. The standard InChI is InChI=1S/C14H22N2O3/c1-17-11-3-4-12(14(8-11)18-2)13(16-15)7-10-5-6-19-9-10/h3-4,8,10,13,16H,5-7,9,15H2,1-2H3. The maximum Gasteiger partial charge on any atom is 0.127 e. The second-order valence-corrected chi connectivity index (χ2v) is 4.79. The van der Waals surface area contributed by atoms with Gasteiger partial charge < -0.3 is 14.2 Å². The van der Waals surface area contributed by atoms with Gasteiger partial charge in [-0.2, -0.15) is 0 Å². The van der Waals surface area contributed by atoms with Crippen molar-refractivity contribution in [2.45, 2.75) is 18.9 Å². The number of nitrogens with two attached hydrogens (primary N) is 1. The Bertz CT molecular complexity index is 406. The van der Waals surface area contributed by atoms with Crippen molar-refractivity contribution in [2.24, 2.45) is 11.8 Å². The Kier molecular flexibility index (Phi) is 5.01. The van der Waals surface area contributed by atoms with Crippen molar-refractivity contribution < 1.29 is 14.2 Å². The highest BCUT2D eigenvalue weighted by Crippen LogP contribution is 2.33. The van der Waals surface area contributed by atoms with Crippen molar-refractivity contribution in [3.63, 3.8) is 0 Å². The summed E-state index contributed by atoms with van der Waals surface area (Å²) < 4.78 is 16.0. The summed E-state index contributed by atoms with van der Waals surface area (Å²) in [6, 6.07) is 5.86. The van der Waals surface area contributed by atoms with Gasteiger partial charge in [-0.15, -0.1) is 0 Å². The molecule has 1 heterocycles. The molecule has 2 rings (SSSR count). The van der Waals surface area contributed by atoms with Crippen LogP contribution in [0.2, 0.25) is 0 Å². The van der Waals surface area contributed by atoms with Crippen molar-refractivity contribution in [3.05, 3.63) is 23.8 Å². The zero-order valence-electron chi connectivity index (χ0n) is 11.5. The molecule has 0 aromatic heterocycles. The van der Waals surface area contributed by atoms with Gasteiger partial charge in [0, 0.05) is 30.9 Å². The molecular weight excluding hydrogens is 244 g/mol. The lowest BCUT2D eigenvalue weighted by Gasteiger charge is -2.22. The Morgan fingerprint density at radius 3 is 2.84 bits per heavy atom. The quantitative estimate of drug-likeness (QED) is 0.605. The maximum absolute atomic E-state index is 5.70. The van der Waals surface area contributed by atoms with E-state index in [0.717, 1.165) is 43.1 Å². The minimum absolute atomic E-state index is 0.0626. The van der Waals surface area contributed by atoms with Crippen molar-refractivity contribution in [1.82, 2.24) is 5.43 Å². The summed E-state index contributed by atoms with van der Waals surface area (Å²) in [5, 5.41) is 0. The van der Waals surface area contributed by atoms with E-state index in [4.69, 9.17) is 20.1 Å². The molecular formula is C14H22N2O3. The first-order chi connectivity index (χ1) is 9.28. The van der Waals surface area contributed by atoms with Crippen LogP contribution in [0, 0.1) is 5.92 Å². The Morgan fingerprint density at radius 1 is 1.42 bits per heavy atom. The average molecular weight is 266 g/mol. The molecule has 5 nitrogen and oxygen atoms in total. The van der Waals surface area contributed by atoms with Gasteiger partial charge in [0.05, 0.1) is 14.2 Å². The molecule has 1 fully saturated rings. The number of benzene rings is 1. The zero-order chi connectivity index (χ0) is 13.7. The molecule has 0 aliphatic carbocycles. The minimum atomic E-state index is 0.0626. The van der Waals surface area contributed by atoms with E-state index in [-0.39, 0.29) is 6.04 Å². The summed E-state index contributed by atoms with van der Waals surface area (Å²) in [6.45, 7) is 1.67. The Labute approximate surface area is 114 Å². The van der Waals surface area contributed by atoms with Crippen LogP contribution in [0.25, 0.3) is 0 Å². The minimum Gasteiger partial charge on any atom is -0.497 e. The summed E-state index contributed by atoms with van der Waals surface area (Å²) in [5.41, 5.74) is 3.93. The first-order valence-electron chi connectivity index (χ1n) is 6.54. The highest BCUT2D eigenvalue weighted by Gasteiger charge is 2.23. The highest BCUT2D eigenvalue weighted by atomic mass is 16.5. The third kappa shape index (κ3) is 3.37. The molecule has 106 valence electrons. The molecule has 0 radical (unpaired) electrons. The van der Waals surface area contributed by atoms with Gasteiger partial charge >= 0.3 is 0 Å². The fraction of sp³-hybridized carbons (Fsp3) is 0.571. The molecule has 5 heteroatoms. The fourth-order valence-electron chi connectivity index (χ4n) is 2.49. The Morgan fingerprint density at radius 2 is 2.26 bits per heavy atom. The third-order valence-corrected chi connectivity index (χ3v) is 3.61. The SMILES string of the molecule is COc1ccc(C(CC2CCOC2)NN)c(OC)c1. The molecule has 1 aromatic carbocycles. The lowest BCUT2D eigenvalue weighted by atomic mass is 9.94. The van der Waals surface area contributed by atoms with Crippen LogP contribution in [-0.4, -0.2) is 27.4 Å². The number of hydrazine groups is 1. The van der Waals surface area contributed by atoms with Crippen LogP contribution in [0.4, 0.5) is 0 Å². The van der Waals surface area contributed by atoms with Crippen molar-refractivity contribution >= 4 is 0 Å². The first kappa shape index (κ1) is 14.1. The number of rotatable bonds is 6. The van der Waals surface area contributed by atoms with Gasteiger partial charge in [0.2, 0.25) is 0 Å². The van der Waals surface area contributed by atoms with Gasteiger partial charge in [-0.25, -0.2) is 0 Å². The lowest BCUT2D eigenvalue weighted by molar-refractivity contribution is 0.181. The monoisotopic (exact) mass is 266 g/mol. The highest BCUT2D eigenvalue weighted by molar-refractivity contribution is 5.42. The van der Waals surface area contributed by atoms with Gasteiger partial charge in [-0.3, -0.25) is 11.3 Å². The van der Waals surface area contributed by atoms with Gasteiger partial charge in [0.25, 0.3) is 0 Å². The number of nitrogens with one attached hydrogen (secondary N) is 1. The van der Waals surface area contributed by atoms with Crippen LogP contribution in [0.15, 0.2) is 18.2 Å². The number of hydrogen-bond donors (Lipinski definition) is 2. The second kappa shape index (κ2) is 6.75. The van der Waals surface area contributed by atoms with E-state index in [1.807, 2.05) is 18.2 Å². The van der Waals surface area contributed by atoms with E-state index >= 15 is 0 Å².